The lowest BCUT2D eigenvalue weighted by Gasteiger charge is -2.02. The molecule has 0 saturated heterocycles. The van der Waals surface area contributed by atoms with Gasteiger partial charge in [-0.15, -0.1) is 0 Å². The Kier molecular flexibility index (Phi) is 4.19. The van der Waals surface area contributed by atoms with Gasteiger partial charge in [0.1, 0.15) is 5.69 Å². The summed E-state index contributed by atoms with van der Waals surface area (Å²) in [6.45, 7) is 2.21. The van der Waals surface area contributed by atoms with Gasteiger partial charge in [-0.05, 0) is 31.0 Å². The maximum absolute atomic E-state index is 4.54. The predicted octanol–water partition coefficient (Wildman–Crippen LogP) is 3.27. The van der Waals surface area contributed by atoms with Crippen molar-refractivity contribution >= 4 is 0 Å². The molecule has 88 valence electrons. The second-order valence-corrected chi connectivity index (χ2v) is 4.04. The van der Waals surface area contributed by atoms with Crippen molar-refractivity contribution in [1.29, 1.82) is 0 Å². The van der Waals surface area contributed by atoms with Crippen molar-refractivity contribution in [2.75, 3.05) is 0 Å². The molecule has 0 aliphatic carbocycles. The lowest BCUT2D eigenvalue weighted by Crippen LogP contribution is -1.96. The fourth-order valence-corrected chi connectivity index (χ4v) is 1.71. The second-order valence-electron chi connectivity index (χ2n) is 4.04. The molecule has 2 aromatic rings. The zero-order chi connectivity index (χ0) is 11.9. The number of pyridine rings is 1. The van der Waals surface area contributed by atoms with Crippen molar-refractivity contribution in [3.05, 3.63) is 42.4 Å². The molecular formula is C14H17N3. The summed E-state index contributed by atoms with van der Waals surface area (Å²) in [7, 11) is 0. The topological polar surface area (TPSA) is 38.7 Å². The first-order valence-corrected chi connectivity index (χ1v) is 6.13. The minimum Gasteiger partial charge on any atom is -0.253 e. The van der Waals surface area contributed by atoms with E-state index in [1.165, 1.54) is 19.3 Å². The van der Waals surface area contributed by atoms with E-state index in [4.69, 9.17) is 0 Å². The smallest absolute Gasteiger partial charge is 0.178 e. The van der Waals surface area contributed by atoms with Gasteiger partial charge in [0.05, 0.1) is 0 Å². The molecule has 0 unspecified atom stereocenters. The van der Waals surface area contributed by atoms with Crippen LogP contribution in [-0.2, 0) is 6.42 Å². The Bertz CT molecular complexity index is 454. The predicted molar refractivity (Wildman–Crippen MR) is 68.5 cm³/mol. The van der Waals surface area contributed by atoms with E-state index >= 15 is 0 Å². The van der Waals surface area contributed by atoms with E-state index in [0.29, 0.717) is 0 Å². The van der Waals surface area contributed by atoms with E-state index in [9.17, 15) is 0 Å². The highest BCUT2D eigenvalue weighted by atomic mass is 14.9. The van der Waals surface area contributed by atoms with Crippen LogP contribution in [0.1, 0.15) is 31.9 Å². The van der Waals surface area contributed by atoms with Crippen molar-refractivity contribution in [3.8, 4) is 11.5 Å². The largest absolute Gasteiger partial charge is 0.253 e. The van der Waals surface area contributed by atoms with Crippen LogP contribution in [0.25, 0.3) is 11.5 Å². The van der Waals surface area contributed by atoms with E-state index in [2.05, 4.69) is 21.9 Å². The van der Waals surface area contributed by atoms with Crippen LogP contribution in [0.4, 0.5) is 0 Å². The highest BCUT2D eigenvalue weighted by Crippen LogP contribution is 2.11. The molecule has 0 radical (unpaired) electrons. The van der Waals surface area contributed by atoms with Gasteiger partial charge in [-0.2, -0.15) is 0 Å². The number of aryl methyl sites for hydroxylation is 1. The highest BCUT2D eigenvalue weighted by Gasteiger charge is 2.02. The summed E-state index contributed by atoms with van der Waals surface area (Å²) in [5.41, 5.74) is 1.94. The van der Waals surface area contributed by atoms with Crippen LogP contribution < -0.4 is 0 Å². The average molecular weight is 227 g/mol. The van der Waals surface area contributed by atoms with E-state index in [1.54, 1.807) is 6.20 Å². The van der Waals surface area contributed by atoms with Crippen molar-refractivity contribution in [2.24, 2.45) is 0 Å². The molecule has 0 aliphatic heterocycles. The Hall–Kier alpha value is -1.77. The third-order valence-electron chi connectivity index (χ3n) is 2.64. The van der Waals surface area contributed by atoms with Gasteiger partial charge in [-0.25, -0.2) is 9.97 Å². The van der Waals surface area contributed by atoms with E-state index in [1.807, 2.05) is 30.5 Å². The molecule has 0 amide bonds. The fourth-order valence-electron chi connectivity index (χ4n) is 1.71. The Labute approximate surface area is 102 Å². The molecule has 2 heterocycles. The van der Waals surface area contributed by atoms with Crippen molar-refractivity contribution in [3.63, 3.8) is 0 Å². The summed E-state index contributed by atoms with van der Waals surface area (Å²) >= 11 is 0. The second kappa shape index (κ2) is 6.09. The van der Waals surface area contributed by atoms with E-state index < -0.39 is 0 Å². The summed E-state index contributed by atoms with van der Waals surface area (Å²) < 4.78 is 0. The van der Waals surface area contributed by atoms with Gasteiger partial charge in [0.2, 0.25) is 0 Å². The normalized spacial score (nSPS) is 10.4. The number of nitrogens with zero attached hydrogens (tertiary/aromatic N) is 3. The molecule has 0 atom stereocenters. The zero-order valence-electron chi connectivity index (χ0n) is 10.1. The summed E-state index contributed by atoms with van der Waals surface area (Å²) in [6.07, 6.45) is 8.28. The van der Waals surface area contributed by atoms with Crippen LogP contribution in [0, 0.1) is 0 Å². The van der Waals surface area contributed by atoms with Gasteiger partial charge in [0, 0.05) is 18.1 Å². The zero-order valence-corrected chi connectivity index (χ0v) is 10.1. The fraction of sp³-hybridized carbons (Fsp3) is 0.357. The standard InChI is InChI=1S/C14H17N3/c1-2-3-4-7-12-9-11-16-14(17-12)13-8-5-6-10-15-13/h5-6,8-11H,2-4,7H2,1H3. The number of rotatable bonds is 5. The molecular weight excluding hydrogens is 210 g/mol. The molecule has 0 bridgehead atoms. The van der Waals surface area contributed by atoms with Crippen LogP contribution >= 0.6 is 0 Å². The van der Waals surface area contributed by atoms with Gasteiger partial charge in [-0.3, -0.25) is 4.98 Å². The SMILES string of the molecule is CCCCCc1ccnc(-c2ccccn2)n1. The number of aromatic nitrogens is 3. The monoisotopic (exact) mass is 227 g/mol. The Morgan fingerprint density at radius 2 is 1.94 bits per heavy atom. The molecule has 17 heavy (non-hydrogen) atoms. The average Bonchev–Trinajstić information content (AvgIpc) is 2.41. The molecule has 3 heteroatoms. The van der Waals surface area contributed by atoms with Crippen molar-refractivity contribution in [2.45, 2.75) is 32.6 Å². The molecule has 0 saturated carbocycles. The van der Waals surface area contributed by atoms with Gasteiger partial charge in [-0.1, -0.05) is 25.8 Å². The summed E-state index contributed by atoms with van der Waals surface area (Å²) in [5.74, 6) is 0.722. The Balaban J connectivity index is 2.12. The number of hydrogen-bond donors (Lipinski definition) is 0. The Morgan fingerprint density at radius 3 is 2.71 bits per heavy atom. The van der Waals surface area contributed by atoms with Gasteiger partial charge in [0.15, 0.2) is 5.82 Å². The first kappa shape index (κ1) is 11.7. The minimum absolute atomic E-state index is 0.722. The van der Waals surface area contributed by atoms with Crippen molar-refractivity contribution < 1.29 is 0 Å². The van der Waals surface area contributed by atoms with Crippen LogP contribution in [0.15, 0.2) is 36.7 Å². The van der Waals surface area contributed by atoms with E-state index in [0.717, 1.165) is 23.6 Å². The molecule has 2 rings (SSSR count). The lowest BCUT2D eigenvalue weighted by molar-refractivity contribution is 0.706. The van der Waals surface area contributed by atoms with Gasteiger partial charge in [0.25, 0.3) is 0 Å². The first-order valence-electron chi connectivity index (χ1n) is 6.13. The van der Waals surface area contributed by atoms with Crippen LogP contribution in [0.5, 0.6) is 0 Å². The summed E-state index contributed by atoms with van der Waals surface area (Å²) in [6, 6.07) is 7.78. The van der Waals surface area contributed by atoms with Gasteiger partial charge < -0.3 is 0 Å². The third-order valence-corrected chi connectivity index (χ3v) is 2.64. The molecule has 0 aromatic carbocycles. The number of hydrogen-bond acceptors (Lipinski definition) is 3. The highest BCUT2D eigenvalue weighted by molar-refractivity contribution is 5.47. The molecule has 0 spiro atoms. The quantitative estimate of drug-likeness (QED) is 0.736. The summed E-state index contributed by atoms with van der Waals surface area (Å²) in [4.78, 5) is 13.1. The van der Waals surface area contributed by atoms with Crippen LogP contribution in [0.3, 0.4) is 0 Å². The first-order chi connectivity index (χ1) is 8.40. The molecule has 0 N–H and O–H groups in total. The van der Waals surface area contributed by atoms with Crippen LogP contribution in [0.2, 0.25) is 0 Å². The molecule has 0 aliphatic rings. The minimum atomic E-state index is 0.722. The lowest BCUT2D eigenvalue weighted by atomic mass is 10.1. The maximum Gasteiger partial charge on any atom is 0.178 e. The van der Waals surface area contributed by atoms with Crippen LogP contribution in [-0.4, -0.2) is 15.0 Å². The number of unbranched alkanes of at least 4 members (excludes halogenated alkanes) is 2. The van der Waals surface area contributed by atoms with E-state index in [-0.39, 0.29) is 0 Å². The molecule has 2 aromatic heterocycles. The third kappa shape index (κ3) is 3.34. The Morgan fingerprint density at radius 1 is 1.00 bits per heavy atom. The van der Waals surface area contributed by atoms with Crippen molar-refractivity contribution in [1.82, 2.24) is 15.0 Å². The molecule has 0 fully saturated rings. The molecule has 3 nitrogen and oxygen atoms in total. The maximum atomic E-state index is 4.54. The van der Waals surface area contributed by atoms with Gasteiger partial charge >= 0.3 is 0 Å². The summed E-state index contributed by atoms with van der Waals surface area (Å²) in [5, 5.41) is 0.